The number of cyclic esters (lactones) is 1. The molecule has 0 bridgehead atoms. The fraction of sp³-hybridized carbons (Fsp3) is 0.800. The number of hydrogen-bond acceptors (Lipinski definition) is 13. The van der Waals surface area contributed by atoms with E-state index in [0.717, 1.165) is 57.0 Å². The first-order valence-electron chi connectivity index (χ1n) is 19.9. The van der Waals surface area contributed by atoms with Crippen molar-refractivity contribution in [3.05, 3.63) is 24.3 Å². The molecule has 54 heavy (non-hydrogen) atoms. The van der Waals surface area contributed by atoms with Gasteiger partial charge in [0.2, 0.25) is 5.91 Å². The highest BCUT2D eigenvalue weighted by atomic mass is 16.7. The van der Waals surface area contributed by atoms with Crippen LogP contribution in [0.3, 0.4) is 0 Å². The summed E-state index contributed by atoms with van der Waals surface area (Å²) in [5.41, 5.74) is -0.775. The standard InChI is InChI=1S/C40H68N4O10/c1-9-50-33-14-11-10-13-31(33)44-18-16-43(17-19-44)15-12-20-51-34-21-26(2)41-38(47)29(5)37(46)40(6,49)25-52-39(48)28(4)32(45)24-35(34)54-36-23-30(42(7)8)22-27(3)53-36/h10-11,13-14,26-30,32,34-37,45-46,49H,9,12,15-25H2,1-8H3,(H,41,47)/t26-,27?,28?,29?,30?,32+,34?,35-,36?,37?,40-/m1/s1. The van der Waals surface area contributed by atoms with Gasteiger partial charge in [0.1, 0.15) is 18.0 Å². The first-order chi connectivity index (χ1) is 25.6. The second-order valence-electron chi connectivity index (χ2n) is 16.1. The minimum Gasteiger partial charge on any atom is -0.492 e. The summed E-state index contributed by atoms with van der Waals surface area (Å²) >= 11 is 0. The largest absolute Gasteiger partial charge is 0.492 e. The predicted molar refractivity (Wildman–Crippen MR) is 205 cm³/mol. The number of anilines is 1. The minimum atomic E-state index is -1.89. The molecule has 1 aromatic rings. The van der Waals surface area contributed by atoms with Crippen LogP contribution in [0, 0.1) is 11.8 Å². The first kappa shape index (κ1) is 44.2. The van der Waals surface area contributed by atoms with Gasteiger partial charge < -0.3 is 54.1 Å². The van der Waals surface area contributed by atoms with Gasteiger partial charge in [0.15, 0.2) is 6.29 Å². The summed E-state index contributed by atoms with van der Waals surface area (Å²) in [6.45, 7) is 15.2. The van der Waals surface area contributed by atoms with Crippen LogP contribution in [0.25, 0.3) is 0 Å². The van der Waals surface area contributed by atoms with Gasteiger partial charge in [-0.25, -0.2) is 0 Å². The number of nitrogens with one attached hydrogen (secondary N) is 1. The fourth-order valence-electron chi connectivity index (χ4n) is 7.63. The molecule has 14 heteroatoms. The Morgan fingerprint density at radius 2 is 1.67 bits per heavy atom. The molecular weight excluding hydrogens is 696 g/mol. The zero-order valence-corrected chi connectivity index (χ0v) is 33.8. The van der Waals surface area contributed by atoms with Crippen molar-refractivity contribution in [1.82, 2.24) is 15.1 Å². The molecule has 0 radical (unpaired) electrons. The van der Waals surface area contributed by atoms with Gasteiger partial charge in [0.25, 0.3) is 0 Å². The second-order valence-corrected chi connectivity index (χ2v) is 16.1. The van der Waals surface area contributed by atoms with E-state index in [9.17, 15) is 24.9 Å². The summed E-state index contributed by atoms with van der Waals surface area (Å²) in [7, 11) is 4.07. The Balaban J connectivity index is 1.49. The van der Waals surface area contributed by atoms with E-state index in [0.29, 0.717) is 26.1 Å². The number of carbonyl (C=O) groups excluding carboxylic acids is 2. The summed E-state index contributed by atoms with van der Waals surface area (Å²) in [6.07, 6.45) is -2.00. The van der Waals surface area contributed by atoms with Crippen LogP contribution in [-0.4, -0.2) is 158 Å². The maximum Gasteiger partial charge on any atom is 0.311 e. The van der Waals surface area contributed by atoms with Crippen molar-refractivity contribution in [1.29, 1.82) is 0 Å². The van der Waals surface area contributed by atoms with Crippen LogP contribution in [0.2, 0.25) is 0 Å². The number of ether oxygens (including phenoxy) is 5. The monoisotopic (exact) mass is 764 g/mol. The van der Waals surface area contributed by atoms with Gasteiger partial charge in [-0.15, -0.1) is 0 Å². The lowest BCUT2D eigenvalue weighted by Crippen LogP contribution is -2.52. The van der Waals surface area contributed by atoms with E-state index in [4.69, 9.17) is 23.7 Å². The van der Waals surface area contributed by atoms with Crippen molar-refractivity contribution in [3.8, 4) is 5.75 Å². The predicted octanol–water partition coefficient (Wildman–Crippen LogP) is 2.41. The highest BCUT2D eigenvalue weighted by molar-refractivity contribution is 5.79. The molecule has 3 saturated heterocycles. The van der Waals surface area contributed by atoms with Gasteiger partial charge in [-0.1, -0.05) is 19.1 Å². The Bertz CT molecular complexity index is 1310. The normalized spacial score (nSPS) is 35.5. The minimum absolute atomic E-state index is 0.0447. The number of nitrogens with zero attached hydrogens (tertiary/aromatic N) is 3. The smallest absolute Gasteiger partial charge is 0.311 e. The average Bonchev–Trinajstić information content (AvgIpc) is 3.13. The van der Waals surface area contributed by atoms with Crippen molar-refractivity contribution >= 4 is 17.6 Å². The molecule has 1 amide bonds. The number of esters is 1. The molecule has 0 aromatic heterocycles. The molecule has 3 heterocycles. The molecule has 3 aliphatic rings. The first-order valence-corrected chi connectivity index (χ1v) is 19.9. The fourth-order valence-corrected chi connectivity index (χ4v) is 7.63. The molecule has 0 saturated carbocycles. The van der Waals surface area contributed by atoms with E-state index in [2.05, 4.69) is 26.1 Å². The number of aliphatic hydroxyl groups is 3. The average molecular weight is 765 g/mol. The van der Waals surface area contributed by atoms with Crippen molar-refractivity contribution in [2.45, 2.75) is 128 Å². The quantitative estimate of drug-likeness (QED) is 0.192. The van der Waals surface area contributed by atoms with Crippen molar-refractivity contribution in [3.63, 3.8) is 0 Å². The number of para-hydroxylation sites is 2. The van der Waals surface area contributed by atoms with Crippen molar-refractivity contribution in [2.75, 3.05) is 71.5 Å². The zero-order valence-electron chi connectivity index (χ0n) is 33.8. The van der Waals surface area contributed by atoms with Gasteiger partial charge in [-0.05, 0) is 80.1 Å². The second kappa shape index (κ2) is 20.6. The number of aliphatic hydroxyl groups excluding tert-OH is 2. The van der Waals surface area contributed by atoms with Gasteiger partial charge in [0, 0.05) is 64.3 Å². The molecule has 0 aliphatic carbocycles. The number of benzene rings is 1. The highest BCUT2D eigenvalue weighted by Gasteiger charge is 2.42. The summed E-state index contributed by atoms with van der Waals surface area (Å²) < 4.78 is 30.9. The molecule has 4 N–H and O–H groups in total. The third-order valence-electron chi connectivity index (χ3n) is 11.2. The third-order valence-corrected chi connectivity index (χ3v) is 11.2. The Labute approximate surface area is 322 Å². The van der Waals surface area contributed by atoms with E-state index in [-0.39, 0.29) is 18.6 Å². The Hall–Kier alpha value is -2.56. The molecular formula is C40H68N4O10. The number of piperazine rings is 1. The Morgan fingerprint density at radius 1 is 0.963 bits per heavy atom. The molecule has 0 spiro atoms. The molecule has 3 aliphatic heterocycles. The van der Waals surface area contributed by atoms with Crippen LogP contribution in [0.15, 0.2) is 24.3 Å². The Kier molecular flexibility index (Phi) is 16.8. The van der Waals surface area contributed by atoms with E-state index in [1.807, 2.05) is 53.1 Å². The molecule has 14 nitrogen and oxygen atoms in total. The maximum absolute atomic E-state index is 13.3. The molecule has 4 rings (SSSR count). The number of rotatable bonds is 11. The van der Waals surface area contributed by atoms with Crippen LogP contribution < -0.4 is 15.0 Å². The van der Waals surface area contributed by atoms with Crippen molar-refractivity contribution in [2.24, 2.45) is 11.8 Å². The zero-order chi connectivity index (χ0) is 39.6. The van der Waals surface area contributed by atoms with E-state index >= 15 is 0 Å². The van der Waals surface area contributed by atoms with Crippen LogP contribution in [0.4, 0.5) is 5.69 Å². The maximum atomic E-state index is 13.3. The van der Waals surface area contributed by atoms with E-state index in [1.54, 1.807) is 6.92 Å². The lowest BCUT2D eigenvalue weighted by atomic mass is 9.89. The number of carbonyl (C=O) groups is 2. The van der Waals surface area contributed by atoms with Crippen LogP contribution in [-0.2, 0) is 28.5 Å². The number of hydrogen-bond donors (Lipinski definition) is 4. The van der Waals surface area contributed by atoms with Gasteiger partial charge in [-0.2, -0.15) is 0 Å². The molecule has 11 atom stereocenters. The lowest BCUT2D eigenvalue weighted by Gasteiger charge is -2.40. The summed E-state index contributed by atoms with van der Waals surface area (Å²) in [6, 6.07) is 7.97. The van der Waals surface area contributed by atoms with E-state index in [1.165, 1.54) is 13.8 Å². The molecule has 308 valence electrons. The van der Waals surface area contributed by atoms with Gasteiger partial charge in [0.05, 0.1) is 54.6 Å². The van der Waals surface area contributed by atoms with Gasteiger partial charge >= 0.3 is 5.97 Å². The van der Waals surface area contributed by atoms with Crippen LogP contribution >= 0.6 is 0 Å². The van der Waals surface area contributed by atoms with Gasteiger partial charge in [-0.3, -0.25) is 14.5 Å². The lowest BCUT2D eigenvalue weighted by molar-refractivity contribution is -0.245. The molecule has 3 fully saturated rings. The van der Waals surface area contributed by atoms with Crippen molar-refractivity contribution < 1.29 is 48.6 Å². The SMILES string of the molecule is CCOc1ccccc1N1CCN(CCCOC2C[C@@H](C)NC(=O)C(C)C(O)[C@](C)(O)COC(=O)C(C)[C@@H](O)C[C@H]2OC2CC(N(C)C)CC(C)O2)CC1. The third kappa shape index (κ3) is 12.5. The Morgan fingerprint density at radius 3 is 2.35 bits per heavy atom. The summed E-state index contributed by atoms with van der Waals surface area (Å²) in [4.78, 5) is 33.4. The summed E-state index contributed by atoms with van der Waals surface area (Å²) in [5, 5.41) is 36.3. The van der Waals surface area contributed by atoms with E-state index < -0.39 is 72.7 Å². The molecule has 1 aromatic carbocycles. The molecule has 7 unspecified atom stereocenters. The topological polar surface area (TPSA) is 163 Å². The highest BCUT2D eigenvalue weighted by Crippen LogP contribution is 2.31. The van der Waals surface area contributed by atoms with Crippen LogP contribution in [0.5, 0.6) is 5.75 Å². The van der Waals surface area contributed by atoms with Crippen LogP contribution in [0.1, 0.15) is 73.6 Å². The number of amides is 1. The summed E-state index contributed by atoms with van der Waals surface area (Å²) in [5.74, 6) is -2.26.